The molecule has 0 bridgehead atoms. The van der Waals surface area contributed by atoms with E-state index in [2.05, 4.69) is 15.4 Å². The minimum atomic E-state index is -3.71. The smallest absolute Gasteiger partial charge is 0.241 e. The summed E-state index contributed by atoms with van der Waals surface area (Å²) in [5.41, 5.74) is 0.968. The molecule has 1 aromatic rings. The first-order chi connectivity index (χ1) is 10.9. The molecular weight excluding hydrogens is 318 g/mol. The Kier molecular flexibility index (Phi) is 8.18. The zero-order valence-electron chi connectivity index (χ0n) is 13.8. The summed E-state index contributed by atoms with van der Waals surface area (Å²) in [4.78, 5) is 12.0. The van der Waals surface area contributed by atoms with Crippen LogP contribution in [-0.4, -0.2) is 53.7 Å². The largest absolute Gasteiger partial charge is 0.383 e. The number of rotatable bonds is 10. The Balaban J connectivity index is 2.43. The molecule has 0 saturated heterocycles. The van der Waals surface area contributed by atoms with E-state index in [1.54, 1.807) is 19.2 Å². The molecule has 0 aliphatic rings. The first-order valence-corrected chi connectivity index (χ1v) is 8.91. The summed E-state index contributed by atoms with van der Waals surface area (Å²) < 4.78 is 31.6. The van der Waals surface area contributed by atoms with E-state index in [1.165, 1.54) is 19.1 Å². The number of sulfonamides is 1. The maximum absolute atomic E-state index is 12.2. The van der Waals surface area contributed by atoms with Gasteiger partial charge in [-0.2, -0.15) is 4.72 Å². The van der Waals surface area contributed by atoms with Crippen molar-refractivity contribution in [2.75, 3.05) is 33.4 Å². The Morgan fingerprint density at radius 2 is 1.83 bits per heavy atom. The lowest BCUT2D eigenvalue weighted by Gasteiger charge is -2.14. The van der Waals surface area contributed by atoms with Crippen LogP contribution >= 0.6 is 0 Å². The van der Waals surface area contributed by atoms with E-state index in [-0.39, 0.29) is 10.8 Å². The van der Waals surface area contributed by atoms with Crippen molar-refractivity contribution in [2.45, 2.75) is 24.8 Å². The van der Waals surface area contributed by atoms with Gasteiger partial charge >= 0.3 is 0 Å². The van der Waals surface area contributed by atoms with Crippen molar-refractivity contribution in [3.63, 3.8) is 0 Å². The molecule has 0 fully saturated rings. The lowest BCUT2D eigenvalue weighted by molar-refractivity contribution is -0.122. The van der Waals surface area contributed by atoms with Gasteiger partial charge in [0.05, 0.1) is 17.5 Å². The van der Waals surface area contributed by atoms with Crippen molar-refractivity contribution < 1.29 is 17.9 Å². The standard InChI is InChI=1S/C15H25N3O4S/c1-12-4-6-14(7-5-12)23(20,21)18-13(2)15(19)17-9-8-16-10-11-22-3/h4-7,13,16,18H,8-11H2,1-3H3,(H,17,19). The summed E-state index contributed by atoms with van der Waals surface area (Å²) in [6, 6.07) is 5.61. The zero-order chi connectivity index (χ0) is 17.3. The second-order valence-corrected chi connectivity index (χ2v) is 6.90. The highest BCUT2D eigenvalue weighted by molar-refractivity contribution is 7.89. The van der Waals surface area contributed by atoms with Gasteiger partial charge < -0.3 is 15.4 Å². The van der Waals surface area contributed by atoms with Crippen molar-refractivity contribution in [3.8, 4) is 0 Å². The zero-order valence-corrected chi connectivity index (χ0v) is 14.6. The van der Waals surface area contributed by atoms with Gasteiger partial charge in [0.1, 0.15) is 0 Å². The molecule has 7 nitrogen and oxygen atoms in total. The number of methoxy groups -OCH3 is 1. The molecule has 8 heteroatoms. The van der Waals surface area contributed by atoms with Gasteiger partial charge in [0, 0.05) is 26.7 Å². The molecule has 0 aliphatic carbocycles. The number of hydrogen-bond acceptors (Lipinski definition) is 5. The maximum atomic E-state index is 12.2. The predicted molar refractivity (Wildman–Crippen MR) is 88.7 cm³/mol. The van der Waals surface area contributed by atoms with Gasteiger partial charge in [0.2, 0.25) is 15.9 Å². The molecule has 130 valence electrons. The van der Waals surface area contributed by atoms with Gasteiger partial charge in [-0.1, -0.05) is 17.7 Å². The Bertz CT molecular complexity index is 587. The lowest BCUT2D eigenvalue weighted by Crippen LogP contribution is -2.46. The van der Waals surface area contributed by atoms with E-state index in [1.807, 2.05) is 6.92 Å². The van der Waals surface area contributed by atoms with Gasteiger partial charge in [-0.15, -0.1) is 0 Å². The lowest BCUT2D eigenvalue weighted by atomic mass is 10.2. The van der Waals surface area contributed by atoms with Crippen molar-refractivity contribution in [1.29, 1.82) is 0 Å². The average Bonchev–Trinajstić information content (AvgIpc) is 2.50. The molecule has 0 aromatic heterocycles. The third-order valence-electron chi connectivity index (χ3n) is 3.14. The fourth-order valence-corrected chi connectivity index (χ4v) is 3.00. The average molecular weight is 343 g/mol. The Hall–Kier alpha value is -1.48. The summed E-state index contributed by atoms with van der Waals surface area (Å²) in [5.74, 6) is -0.366. The number of amides is 1. The molecule has 1 rings (SSSR count). The van der Waals surface area contributed by atoms with Crippen LogP contribution in [0.3, 0.4) is 0 Å². The minimum Gasteiger partial charge on any atom is -0.383 e. The Morgan fingerprint density at radius 3 is 2.43 bits per heavy atom. The van der Waals surface area contributed by atoms with Crippen molar-refractivity contribution in [2.24, 2.45) is 0 Å². The van der Waals surface area contributed by atoms with E-state index in [0.29, 0.717) is 26.2 Å². The highest BCUT2D eigenvalue weighted by Crippen LogP contribution is 2.10. The summed E-state index contributed by atoms with van der Waals surface area (Å²) >= 11 is 0. The van der Waals surface area contributed by atoms with E-state index >= 15 is 0 Å². The summed E-state index contributed by atoms with van der Waals surface area (Å²) in [6.07, 6.45) is 0. The summed E-state index contributed by atoms with van der Waals surface area (Å²) in [6.45, 7) is 5.69. The normalized spacial score (nSPS) is 12.8. The monoisotopic (exact) mass is 343 g/mol. The highest BCUT2D eigenvalue weighted by atomic mass is 32.2. The van der Waals surface area contributed by atoms with Crippen LogP contribution in [0, 0.1) is 6.92 Å². The summed E-state index contributed by atoms with van der Waals surface area (Å²) in [7, 11) is -2.09. The van der Waals surface area contributed by atoms with E-state index in [0.717, 1.165) is 5.56 Å². The van der Waals surface area contributed by atoms with Crippen molar-refractivity contribution >= 4 is 15.9 Å². The molecule has 23 heavy (non-hydrogen) atoms. The van der Waals surface area contributed by atoms with Crippen LogP contribution in [0.1, 0.15) is 12.5 Å². The van der Waals surface area contributed by atoms with Crippen LogP contribution in [0.15, 0.2) is 29.2 Å². The molecular formula is C15H25N3O4S. The predicted octanol–water partition coefficient (Wildman–Crippen LogP) is 0.0140. The molecule has 0 heterocycles. The van der Waals surface area contributed by atoms with Crippen molar-refractivity contribution in [3.05, 3.63) is 29.8 Å². The molecule has 0 radical (unpaired) electrons. The molecule has 0 aliphatic heterocycles. The van der Waals surface area contributed by atoms with Crippen molar-refractivity contribution in [1.82, 2.24) is 15.4 Å². The summed E-state index contributed by atoms with van der Waals surface area (Å²) in [5, 5.41) is 5.75. The first kappa shape index (κ1) is 19.6. The number of carbonyl (C=O) groups is 1. The van der Waals surface area contributed by atoms with E-state index in [4.69, 9.17) is 4.74 Å². The van der Waals surface area contributed by atoms with Crippen LogP contribution in [0.4, 0.5) is 0 Å². The fraction of sp³-hybridized carbons (Fsp3) is 0.533. The van der Waals surface area contributed by atoms with Crippen LogP contribution in [0.5, 0.6) is 0 Å². The van der Waals surface area contributed by atoms with E-state index in [9.17, 15) is 13.2 Å². The number of benzene rings is 1. The number of ether oxygens (including phenoxy) is 1. The van der Waals surface area contributed by atoms with Crippen LogP contribution < -0.4 is 15.4 Å². The fourth-order valence-electron chi connectivity index (χ4n) is 1.80. The van der Waals surface area contributed by atoms with Gasteiger partial charge in [-0.3, -0.25) is 4.79 Å². The van der Waals surface area contributed by atoms with E-state index < -0.39 is 16.1 Å². The second kappa shape index (κ2) is 9.61. The number of hydrogen-bond donors (Lipinski definition) is 3. The Labute approximate surface area is 137 Å². The number of aryl methyl sites for hydroxylation is 1. The van der Waals surface area contributed by atoms with Crippen LogP contribution in [0.25, 0.3) is 0 Å². The molecule has 1 atom stereocenters. The maximum Gasteiger partial charge on any atom is 0.241 e. The topological polar surface area (TPSA) is 96.5 Å². The molecule has 1 aromatic carbocycles. The molecule has 1 amide bonds. The SMILES string of the molecule is COCCNCCNC(=O)C(C)NS(=O)(=O)c1ccc(C)cc1. The molecule has 3 N–H and O–H groups in total. The molecule has 0 saturated carbocycles. The van der Waals surface area contributed by atoms with Crippen LogP contribution in [-0.2, 0) is 19.6 Å². The van der Waals surface area contributed by atoms with Crippen LogP contribution in [0.2, 0.25) is 0 Å². The third kappa shape index (κ3) is 7.08. The second-order valence-electron chi connectivity index (χ2n) is 5.19. The molecule has 0 spiro atoms. The van der Waals surface area contributed by atoms with Gasteiger partial charge in [-0.05, 0) is 26.0 Å². The molecule has 1 unspecified atom stereocenters. The number of carbonyl (C=O) groups excluding carboxylic acids is 1. The minimum absolute atomic E-state index is 0.143. The highest BCUT2D eigenvalue weighted by Gasteiger charge is 2.21. The first-order valence-electron chi connectivity index (χ1n) is 7.43. The van der Waals surface area contributed by atoms with Gasteiger partial charge in [-0.25, -0.2) is 8.42 Å². The Morgan fingerprint density at radius 1 is 1.17 bits per heavy atom. The van der Waals surface area contributed by atoms with Gasteiger partial charge in [0.15, 0.2) is 0 Å². The van der Waals surface area contributed by atoms with Gasteiger partial charge in [0.25, 0.3) is 0 Å². The quantitative estimate of drug-likeness (QED) is 0.520. The number of nitrogens with one attached hydrogen (secondary N) is 3. The third-order valence-corrected chi connectivity index (χ3v) is 4.70.